The molecule has 0 radical (unpaired) electrons. The molecule has 4 nitrogen and oxygen atoms in total. The zero-order valence-electron chi connectivity index (χ0n) is 24.8. The number of benzene rings is 5. The molecule has 0 saturated carbocycles. The number of rotatable bonds is 3. The van der Waals surface area contributed by atoms with Crippen LogP contribution in [0.4, 0.5) is 0 Å². The lowest BCUT2D eigenvalue weighted by atomic mass is 9.78. The molecular formula is C38H31BN2O2. The average Bonchev–Trinajstić information content (AvgIpc) is 3.26. The van der Waals surface area contributed by atoms with Gasteiger partial charge in [0.25, 0.3) is 0 Å². The second-order valence-corrected chi connectivity index (χ2v) is 12.5. The van der Waals surface area contributed by atoms with Crippen molar-refractivity contribution in [2.24, 2.45) is 0 Å². The van der Waals surface area contributed by atoms with Gasteiger partial charge in [-0.25, -0.2) is 4.98 Å². The Morgan fingerprint density at radius 3 is 2.05 bits per heavy atom. The SMILES string of the molecule is CC1(C)OB(c2ccc3cc(-c4ccc(-c5nc6ccccc6c6c5ccc5ccccc56)nc4)ccc3c2)OC1(C)C. The highest BCUT2D eigenvalue weighted by molar-refractivity contribution is 6.62. The van der Waals surface area contributed by atoms with Gasteiger partial charge in [0.2, 0.25) is 0 Å². The lowest BCUT2D eigenvalue weighted by Gasteiger charge is -2.32. The number of nitrogens with zero attached hydrogens (tertiary/aromatic N) is 2. The van der Waals surface area contributed by atoms with Crippen LogP contribution in [0.1, 0.15) is 27.7 Å². The van der Waals surface area contributed by atoms with E-state index in [1.807, 2.05) is 12.3 Å². The van der Waals surface area contributed by atoms with E-state index in [9.17, 15) is 0 Å². The van der Waals surface area contributed by atoms with Crippen LogP contribution in [0.15, 0.2) is 115 Å². The molecule has 43 heavy (non-hydrogen) atoms. The van der Waals surface area contributed by atoms with E-state index in [4.69, 9.17) is 19.3 Å². The van der Waals surface area contributed by atoms with Gasteiger partial charge in [0.1, 0.15) is 0 Å². The molecule has 0 atom stereocenters. The minimum Gasteiger partial charge on any atom is -0.399 e. The summed E-state index contributed by atoms with van der Waals surface area (Å²) in [5, 5.41) is 8.26. The van der Waals surface area contributed by atoms with E-state index in [2.05, 4.69) is 131 Å². The normalized spacial score (nSPS) is 16.0. The number of para-hydroxylation sites is 1. The zero-order chi connectivity index (χ0) is 29.3. The molecule has 8 rings (SSSR count). The first kappa shape index (κ1) is 26.1. The van der Waals surface area contributed by atoms with Crippen LogP contribution >= 0.6 is 0 Å². The molecular weight excluding hydrogens is 527 g/mol. The topological polar surface area (TPSA) is 44.2 Å². The van der Waals surface area contributed by atoms with Gasteiger partial charge in [-0.1, -0.05) is 91.0 Å². The standard InChI is InChI=1S/C38H31BN2O2/c1-37(2)38(3,4)43-39(42-37)29-18-15-25-21-26(13-14-27(25)22-29)28-17-20-34(40-23-28)36-32-19-16-24-9-5-6-10-30(24)35(32)31-11-7-8-12-33(31)41-36/h5-23H,1-4H3. The first-order chi connectivity index (χ1) is 20.8. The van der Waals surface area contributed by atoms with Crippen molar-refractivity contribution in [3.63, 3.8) is 0 Å². The third-order valence-corrected chi connectivity index (χ3v) is 9.32. The number of hydrogen-bond donors (Lipinski definition) is 0. The maximum atomic E-state index is 6.28. The minimum atomic E-state index is -0.372. The lowest BCUT2D eigenvalue weighted by molar-refractivity contribution is 0.00578. The predicted octanol–water partition coefficient (Wildman–Crippen LogP) is 8.72. The Hall–Kier alpha value is -4.58. The number of fused-ring (bicyclic) bond motifs is 6. The lowest BCUT2D eigenvalue weighted by Crippen LogP contribution is -2.41. The zero-order valence-corrected chi connectivity index (χ0v) is 24.8. The summed E-state index contributed by atoms with van der Waals surface area (Å²) in [4.78, 5) is 10.0. The molecule has 5 heteroatoms. The van der Waals surface area contributed by atoms with Gasteiger partial charge in [-0.3, -0.25) is 4.98 Å². The van der Waals surface area contributed by atoms with Gasteiger partial charge in [0.15, 0.2) is 0 Å². The van der Waals surface area contributed by atoms with Crippen LogP contribution in [-0.2, 0) is 9.31 Å². The molecule has 0 spiro atoms. The van der Waals surface area contributed by atoms with E-state index in [0.29, 0.717) is 0 Å². The molecule has 1 aliphatic rings. The fraction of sp³-hybridized carbons (Fsp3) is 0.158. The summed E-state index contributed by atoms with van der Waals surface area (Å²) in [6, 6.07) is 38.5. The van der Waals surface area contributed by atoms with Crippen LogP contribution < -0.4 is 5.46 Å². The molecule has 1 aliphatic heterocycles. The Balaban J connectivity index is 1.16. The van der Waals surface area contributed by atoms with Crippen LogP contribution in [0.5, 0.6) is 0 Å². The molecule has 0 aliphatic carbocycles. The van der Waals surface area contributed by atoms with Crippen molar-refractivity contribution < 1.29 is 9.31 Å². The van der Waals surface area contributed by atoms with Crippen molar-refractivity contribution in [2.45, 2.75) is 38.9 Å². The molecule has 3 heterocycles. The summed E-state index contributed by atoms with van der Waals surface area (Å²) in [7, 11) is -0.372. The van der Waals surface area contributed by atoms with Gasteiger partial charge in [0.05, 0.1) is 28.1 Å². The van der Waals surface area contributed by atoms with E-state index >= 15 is 0 Å². The second kappa shape index (κ2) is 9.47. The van der Waals surface area contributed by atoms with Gasteiger partial charge in [-0.05, 0) is 78.5 Å². The highest BCUT2D eigenvalue weighted by Gasteiger charge is 2.51. The van der Waals surface area contributed by atoms with Crippen molar-refractivity contribution in [2.75, 3.05) is 0 Å². The van der Waals surface area contributed by atoms with Crippen molar-refractivity contribution in [1.82, 2.24) is 9.97 Å². The van der Waals surface area contributed by atoms with Gasteiger partial charge >= 0.3 is 7.12 Å². The maximum absolute atomic E-state index is 6.28. The monoisotopic (exact) mass is 558 g/mol. The van der Waals surface area contributed by atoms with E-state index in [1.54, 1.807) is 0 Å². The van der Waals surface area contributed by atoms with E-state index in [-0.39, 0.29) is 18.3 Å². The quantitative estimate of drug-likeness (QED) is 0.161. The van der Waals surface area contributed by atoms with Crippen molar-refractivity contribution in [3.05, 3.63) is 115 Å². The average molecular weight is 558 g/mol. The first-order valence-corrected chi connectivity index (χ1v) is 14.8. The van der Waals surface area contributed by atoms with E-state index in [0.717, 1.165) is 55.0 Å². The fourth-order valence-corrected chi connectivity index (χ4v) is 6.19. The third-order valence-electron chi connectivity index (χ3n) is 9.32. The van der Waals surface area contributed by atoms with Crippen LogP contribution in [0.25, 0.3) is 65.7 Å². The molecule has 0 bridgehead atoms. The highest BCUT2D eigenvalue weighted by Crippen LogP contribution is 2.38. The maximum Gasteiger partial charge on any atom is 0.494 e. The molecule has 0 N–H and O–H groups in total. The summed E-state index contributed by atoms with van der Waals surface area (Å²) >= 11 is 0. The van der Waals surface area contributed by atoms with Crippen LogP contribution in [0.2, 0.25) is 0 Å². The minimum absolute atomic E-state index is 0.363. The van der Waals surface area contributed by atoms with Crippen molar-refractivity contribution in [3.8, 4) is 22.5 Å². The molecule has 208 valence electrons. The highest BCUT2D eigenvalue weighted by atomic mass is 16.7. The van der Waals surface area contributed by atoms with E-state index < -0.39 is 0 Å². The summed E-state index contributed by atoms with van der Waals surface area (Å²) < 4.78 is 12.6. The molecule has 0 unspecified atom stereocenters. The van der Waals surface area contributed by atoms with Crippen LogP contribution in [0.3, 0.4) is 0 Å². The number of aromatic nitrogens is 2. The third kappa shape index (κ3) is 4.23. The number of pyridine rings is 2. The van der Waals surface area contributed by atoms with Gasteiger partial charge in [-0.2, -0.15) is 0 Å². The van der Waals surface area contributed by atoms with Gasteiger partial charge in [0, 0.05) is 27.9 Å². The van der Waals surface area contributed by atoms with Gasteiger partial charge < -0.3 is 9.31 Å². The largest absolute Gasteiger partial charge is 0.494 e. The summed E-state index contributed by atoms with van der Waals surface area (Å²) in [6.07, 6.45) is 1.96. The Kier molecular flexibility index (Phi) is 5.74. The smallest absolute Gasteiger partial charge is 0.399 e. The second-order valence-electron chi connectivity index (χ2n) is 12.5. The molecule has 0 amide bonds. The summed E-state index contributed by atoms with van der Waals surface area (Å²) in [6.45, 7) is 8.33. The van der Waals surface area contributed by atoms with E-state index in [1.165, 1.54) is 16.2 Å². The summed E-state index contributed by atoms with van der Waals surface area (Å²) in [5.74, 6) is 0. The Bertz CT molecular complexity index is 2170. The summed E-state index contributed by atoms with van der Waals surface area (Å²) in [5.41, 5.74) is 5.24. The fourth-order valence-electron chi connectivity index (χ4n) is 6.19. The number of hydrogen-bond acceptors (Lipinski definition) is 4. The molecule has 1 saturated heterocycles. The Morgan fingerprint density at radius 1 is 0.581 bits per heavy atom. The molecule has 5 aromatic carbocycles. The van der Waals surface area contributed by atoms with Gasteiger partial charge in [-0.15, -0.1) is 0 Å². The van der Waals surface area contributed by atoms with Crippen LogP contribution in [-0.4, -0.2) is 28.3 Å². The van der Waals surface area contributed by atoms with Crippen molar-refractivity contribution >= 4 is 55.8 Å². The molecule has 7 aromatic rings. The predicted molar refractivity (Wildman–Crippen MR) is 179 cm³/mol. The molecule has 2 aromatic heterocycles. The molecule has 1 fully saturated rings. The first-order valence-electron chi connectivity index (χ1n) is 14.8. The van der Waals surface area contributed by atoms with Crippen molar-refractivity contribution in [1.29, 1.82) is 0 Å². The van der Waals surface area contributed by atoms with Crippen LogP contribution in [0, 0.1) is 0 Å². The Labute approximate surface area is 251 Å². The Morgan fingerprint density at radius 2 is 1.26 bits per heavy atom.